The molecular formula is C14H19N3O2. The fourth-order valence-electron chi connectivity index (χ4n) is 2.48. The van der Waals surface area contributed by atoms with Crippen molar-refractivity contribution in [1.82, 2.24) is 14.9 Å². The minimum atomic E-state index is 0.0496. The zero-order valence-corrected chi connectivity index (χ0v) is 11.0. The fraction of sp³-hybridized carbons (Fsp3) is 0.643. The van der Waals surface area contributed by atoms with Crippen LogP contribution in [-0.4, -0.2) is 40.0 Å². The van der Waals surface area contributed by atoms with E-state index in [9.17, 15) is 4.79 Å². The van der Waals surface area contributed by atoms with Crippen molar-refractivity contribution in [2.45, 2.75) is 38.2 Å². The Morgan fingerprint density at radius 1 is 1.37 bits per heavy atom. The van der Waals surface area contributed by atoms with E-state index in [4.69, 9.17) is 4.74 Å². The molecule has 0 bridgehead atoms. The second-order valence-corrected chi connectivity index (χ2v) is 5.41. The zero-order valence-electron chi connectivity index (χ0n) is 11.0. The van der Waals surface area contributed by atoms with Crippen LogP contribution in [0.15, 0.2) is 18.6 Å². The molecule has 1 aliphatic heterocycles. The van der Waals surface area contributed by atoms with E-state index in [1.807, 2.05) is 4.90 Å². The third kappa shape index (κ3) is 3.43. The Balaban J connectivity index is 1.53. The Labute approximate surface area is 113 Å². The van der Waals surface area contributed by atoms with Crippen molar-refractivity contribution in [2.75, 3.05) is 13.1 Å². The van der Waals surface area contributed by atoms with Gasteiger partial charge in [-0.2, -0.15) is 0 Å². The van der Waals surface area contributed by atoms with Gasteiger partial charge in [-0.25, -0.2) is 4.98 Å². The van der Waals surface area contributed by atoms with E-state index in [-0.39, 0.29) is 12.0 Å². The largest absolute Gasteiger partial charge is 0.471 e. The van der Waals surface area contributed by atoms with Gasteiger partial charge in [-0.3, -0.25) is 9.78 Å². The molecule has 0 spiro atoms. The number of aromatic nitrogens is 2. The predicted octanol–water partition coefficient (Wildman–Crippen LogP) is 1.65. The van der Waals surface area contributed by atoms with Crippen LogP contribution in [0.3, 0.4) is 0 Å². The van der Waals surface area contributed by atoms with Crippen LogP contribution in [0.4, 0.5) is 0 Å². The number of amides is 1. The minimum Gasteiger partial charge on any atom is -0.471 e. The van der Waals surface area contributed by atoms with E-state index in [1.165, 1.54) is 12.8 Å². The molecule has 5 nitrogen and oxygen atoms in total. The van der Waals surface area contributed by atoms with Gasteiger partial charge < -0.3 is 9.64 Å². The van der Waals surface area contributed by atoms with Gasteiger partial charge in [-0.15, -0.1) is 0 Å². The molecule has 1 aromatic rings. The number of likely N-dealkylation sites (tertiary alicyclic amines) is 1. The second kappa shape index (κ2) is 5.55. The summed E-state index contributed by atoms with van der Waals surface area (Å²) in [4.78, 5) is 22.1. The minimum absolute atomic E-state index is 0.0496. The van der Waals surface area contributed by atoms with E-state index in [2.05, 4.69) is 9.97 Å². The molecule has 2 aliphatic rings. The third-order valence-corrected chi connectivity index (χ3v) is 3.72. The van der Waals surface area contributed by atoms with Gasteiger partial charge in [0, 0.05) is 25.4 Å². The molecular weight excluding hydrogens is 242 g/mol. The molecule has 1 atom stereocenters. The van der Waals surface area contributed by atoms with Crippen molar-refractivity contribution in [2.24, 2.45) is 5.92 Å². The average Bonchev–Trinajstić information content (AvgIpc) is 3.24. The van der Waals surface area contributed by atoms with Crippen LogP contribution in [0.1, 0.15) is 32.1 Å². The lowest BCUT2D eigenvalue weighted by atomic mass is 10.1. The number of hydrogen-bond acceptors (Lipinski definition) is 4. The van der Waals surface area contributed by atoms with Gasteiger partial charge in [0.25, 0.3) is 0 Å². The molecule has 1 amide bonds. The maximum atomic E-state index is 12.1. The molecule has 2 heterocycles. The number of hydrogen-bond donors (Lipinski definition) is 0. The Morgan fingerprint density at radius 2 is 2.26 bits per heavy atom. The van der Waals surface area contributed by atoms with E-state index in [1.54, 1.807) is 18.6 Å². The Kier molecular flexibility index (Phi) is 3.62. The molecule has 2 fully saturated rings. The van der Waals surface area contributed by atoms with E-state index in [0.717, 1.165) is 25.8 Å². The maximum Gasteiger partial charge on any atom is 0.232 e. The summed E-state index contributed by atoms with van der Waals surface area (Å²) in [6.45, 7) is 1.55. The topological polar surface area (TPSA) is 55.3 Å². The summed E-state index contributed by atoms with van der Waals surface area (Å²) in [5.74, 6) is 1.48. The first-order chi connectivity index (χ1) is 9.31. The monoisotopic (exact) mass is 261 g/mol. The molecule has 5 heteroatoms. The van der Waals surface area contributed by atoms with Crippen LogP contribution in [0.2, 0.25) is 0 Å². The van der Waals surface area contributed by atoms with Crippen LogP contribution in [-0.2, 0) is 4.79 Å². The highest BCUT2D eigenvalue weighted by atomic mass is 16.5. The summed E-state index contributed by atoms with van der Waals surface area (Å²) in [6, 6.07) is 0. The summed E-state index contributed by atoms with van der Waals surface area (Å²) >= 11 is 0. The molecule has 102 valence electrons. The molecule has 19 heavy (non-hydrogen) atoms. The van der Waals surface area contributed by atoms with E-state index < -0.39 is 0 Å². The molecule has 1 aromatic heterocycles. The van der Waals surface area contributed by atoms with Crippen molar-refractivity contribution in [1.29, 1.82) is 0 Å². The van der Waals surface area contributed by atoms with Crippen molar-refractivity contribution < 1.29 is 9.53 Å². The average molecular weight is 261 g/mol. The van der Waals surface area contributed by atoms with Gasteiger partial charge in [-0.05, 0) is 31.6 Å². The molecule has 1 saturated heterocycles. The van der Waals surface area contributed by atoms with E-state index in [0.29, 0.717) is 18.3 Å². The smallest absolute Gasteiger partial charge is 0.232 e. The Morgan fingerprint density at radius 3 is 3.00 bits per heavy atom. The lowest BCUT2D eigenvalue weighted by molar-refractivity contribution is -0.134. The van der Waals surface area contributed by atoms with Crippen molar-refractivity contribution in [3.05, 3.63) is 18.6 Å². The normalized spacial score (nSPS) is 23.2. The quantitative estimate of drug-likeness (QED) is 0.827. The number of nitrogens with zero attached hydrogens (tertiary/aromatic N) is 3. The SMILES string of the molecule is O=C(CC1CC1)N1CCCC(Oc2cnccn2)C1. The second-order valence-electron chi connectivity index (χ2n) is 5.41. The lowest BCUT2D eigenvalue weighted by Gasteiger charge is -2.32. The van der Waals surface area contributed by atoms with Gasteiger partial charge in [0.05, 0.1) is 12.7 Å². The first kappa shape index (κ1) is 12.4. The van der Waals surface area contributed by atoms with Gasteiger partial charge in [0.15, 0.2) is 0 Å². The number of carbonyl (C=O) groups is 1. The van der Waals surface area contributed by atoms with E-state index >= 15 is 0 Å². The summed E-state index contributed by atoms with van der Waals surface area (Å²) in [6.07, 6.45) is 10.0. The first-order valence-electron chi connectivity index (χ1n) is 7.02. The predicted molar refractivity (Wildman–Crippen MR) is 69.6 cm³/mol. The molecule has 3 rings (SSSR count). The number of rotatable bonds is 4. The number of carbonyl (C=O) groups excluding carboxylic acids is 1. The molecule has 0 radical (unpaired) electrons. The maximum absolute atomic E-state index is 12.1. The third-order valence-electron chi connectivity index (χ3n) is 3.72. The van der Waals surface area contributed by atoms with Crippen molar-refractivity contribution >= 4 is 5.91 Å². The highest BCUT2D eigenvalue weighted by molar-refractivity contribution is 5.76. The van der Waals surface area contributed by atoms with Crippen LogP contribution in [0, 0.1) is 5.92 Å². The van der Waals surface area contributed by atoms with Gasteiger partial charge in [-0.1, -0.05) is 0 Å². The van der Waals surface area contributed by atoms with Gasteiger partial charge in [0.1, 0.15) is 6.10 Å². The number of ether oxygens (including phenoxy) is 1. The summed E-state index contributed by atoms with van der Waals surface area (Å²) in [5.41, 5.74) is 0. The summed E-state index contributed by atoms with van der Waals surface area (Å²) < 4.78 is 5.79. The standard InChI is InChI=1S/C14H19N3O2/c18-14(8-11-3-4-11)17-7-1-2-12(10-17)19-13-9-15-5-6-16-13/h5-6,9,11-12H,1-4,7-8,10H2. The van der Waals surface area contributed by atoms with Crippen LogP contribution in [0.25, 0.3) is 0 Å². The Bertz CT molecular complexity index is 434. The highest BCUT2D eigenvalue weighted by Crippen LogP contribution is 2.33. The summed E-state index contributed by atoms with van der Waals surface area (Å²) in [7, 11) is 0. The van der Waals surface area contributed by atoms with Crippen molar-refractivity contribution in [3.63, 3.8) is 0 Å². The van der Waals surface area contributed by atoms with Crippen LogP contribution < -0.4 is 4.74 Å². The number of piperidine rings is 1. The lowest BCUT2D eigenvalue weighted by Crippen LogP contribution is -2.44. The molecule has 0 aromatic carbocycles. The molecule has 1 saturated carbocycles. The summed E-state index contributed by atoms with van der Waals surface area (Å²) in [5, 5.41) is 0. The fourth-order valence-corrected chi connectivity index (χ4v) is 2.48. The molecule has 1 unspecified atom stereocenters. The van der Waals surface area contributed by atoms with Gasteiger partial charge >= 0.3 is 0 Å². The molecule has 1 aliphatic carbocycles. The van der Waals surface area contributed by atoms with Gasteiger partial charge in [0.2, 0.25) is 11.8 Å². The Hall–Kier alpha value is -1.65. The first-order valence-corrected chi connectivity index (χ1v) is 7.02. The van der Waals surface area contributed by atoms with Crippen LogP contribution in [0.5, 0.6) is 5.88 Å². The van der Waals surface area contributed by atoms with Crippen LogP contribution >= 0.6 is 0 Å². The highest BCUT2D eigenvalue weighted by Gasteiger charge is 2.30. The van der Waals surface area contributed by atoms with Crippen molar-refractivity contribution in [3.8, 4) is 5.88 Å². The molecule has 0 N–H and O–H groups in total. The zero-order chi connectivity index (χ0) is 13.1.